The summed E-state index contributed by atoms with van der Waals surface area (Å²) in [5.74, 6) is 0. The minimum atomic E-state index is 0.0933. The fraction of sp³-hybridized carbons (Fsp3) is 0.833. The van der Waals surface area contributed by atoms with Gasteiger partial charge in [-0.25, -0.2) is 0 Å². The van der Waals surface area contributed by atoms with Crippen molar-refractivity contribution in [3.63, 3.8) is 0 Å². The van der Waals surface area contributed by atoms with Crippen LogP contribution in [0.5, 0.6) is 0 Å². The van der Waals surface area contributed by atoms with Crippen molar-refractivity contribution in [3.8, 4) is 0 Å². The van der Waals surface area contributed by atoms with Crippen molar-refractivity contribution in [2.24, 2.45) is 5.41 Å². The summed E-state index contributed by atoms with van der Waals surface area (Å²) < 4.78 is 5.92. The fourth-order valence-electron chi connectivity index (χ4n) is 2.85. The second kappa shape index (κ2) is 3.13. The van der Waals surface area contributed by atoms with Crippen molar-refractivity contribution in [3.05, 3.63) is 12.2 Å². The Labute approximate surface area is 81.2 Å². The molecule has 1 atom stereocenters. The fourth-order valence-corrected chi connectivity index (χ4v) is 2.85. The zero-order valence-corrected chi connectivity index (χ0v) is 8.81. The zero-order valence-electron chi connectivity index (χ0n) is 8.81. The van der Waals surface area contributed by atoms with Crippen molar-refractivity contribution in [2.75, 3.05) is 6.61 Å². The molecule has 2 rings (SSSR count). The maximum absolute atomic E-state index is 5.92. The van der Waals surface area contributed by atoms with Crippen molar-refractivity contribution < 1.29 is 4.74 Å². The smallest absolute Gasteiger partial charge is 0.0685 e. The van der Waals surface area contributed by atoms with Crippen LogP contribution in [0.15, 0.2) is 12.2 Å². The molecule has 1 unspecified atom stereocenters. The van der Waals surface area contributed by atoms with Crippen LogP contribution in [0.4, 0.5) is 0 Å². The first-order valence-corrected chi connectivity index (χ1v) is 5.45. The molecule has 1 nitrogen and oxygen atoms in total. The first-order valence-electron chi connectivity index (χ1n) is 5.45. The van der Waals surface area contributed by atoms with Crippen LogP contribution in [-0.2, 0) is 4.74 Å². The molecule has 13 heavy (non-hydrogen) atoms. The Morgan fingerprint density at radius 2 is 2.00 bits per heavy atom. The molecule has 0 N–H and O–H groups in total. The maximum Gasteiger partial charge on any atom is 0.0685 e. The highest BCUT2D eigenvalue weighted by Gasteiger charge is 2.46. The first kappa shape index (κ1) is 9.26. The molecule has 1 heterocycles. The second-order valence-electron chi connectivity index (χ2n) is 4.96. The number of hydrogen-bond donors (Lipinski definition) is 0. The summed E-state index contributed by atoms with van der Waals surface area (Å²) >= 11 is 0. The molecular formula is C12H20O. The van der Waals surface area contributed by atoms with Gasteiger partial charge in [0.2, 0.25) is 0 Å². The van der Waals surface area contributed by atoms with Crippen molar-refractivity contribution in [1.29, 1.82) is 0 Å². The third-order valence-corrected chi connectivity index (χ3v) is 4.00. The van der Waals surface area contributed by atoms with Gasteiger partial charge in [-0.15, -0.1) is 0 Å². The van der Waals surface area contributed by atoms with E-state index in [0.29, 0.717) is 5.41 Å². The average molecular weight is 180 g/mol. The lowest BCUT2D eigenvalue weighted by molar-refractivity contribution is -0.152. The minimum Gasteiger partial charge on any atom is -0.375 e. The van der Waals surface area contributed by atoms with Crippen LogP contribution in [-0.4, -0.2) is 12.2 Å². The van der Waals surface area contributed by atoms with E-state index in [4.69, 9.17) is 4.74 Å². The predicted octanol–water partition coefficient (Wildman–Crippen LogP) is 3.30. The Morgan fingerprint density at radius 3 is 2.62 bits per heavy atom. The van der Waals surface area contributed by atoms with E-state index in [2.05, 4.69) is 26.0 Å². The molecular weight excluding hydrogens is 160 g/mol. The van der Waals surface area contributed by atoms with Gasteiger partial charge in [-0.1, -0.05) is 12.2 Å². The number of ether oxygens (including phenoxy) is 1. The number of allylic oxidation sites excluding steroid dienone is 2. The summed E-state index contributed by atoms with van der Waals surface area (Å²) in [6.07, 6.45) is 11.0. The topological polar surface area (TPSA) is 9.23 Å². The van der Waals surface area contributed by atoms with Crippen molar-refractivity contribution in [2.45, 2.75) is 51.6 Å². The van der Waals surface area contributed by atoms with Gasteiger partial charge in [0, 0.05) is 12.0 Å². The van der Waals surface area contributed by atoms with Crippen LogP contribution in [0, 0.1) is 5.41 Å². The molecule has 0 aromatic rings. The lowest BCUT2D eigenvalue weighted by Crippen LogP contribution is -2.49. The molecule has 1 aliphatic carbocycles. The van der Waals surface area contributed by atoms with Gasteiger partial charge < -0.3 is 4.74 Å². The quantitative estimate of drug-likeness (QED) is 0.520. The lowest BCUT2D eigenvalue weighted by Gasteiger charge is -2.51. The van der Waals surface area contributed by atoms with Crippen LogP contribution in [0.2, 0.25) is 0 Å². The molecule has 0 saturated carbocycles. The molecule has 1 saturated heterocycles. The average Bonchev–Trinajstić information content (AvgIpc) is 2.12. The third kappa shape index (κ3) is 1.43. The van der Waals surface area contributed by atoms with Gasteiger partial charge in [0.1, 0.15) is 0 Å². The monoisotopic (exact) mass is 180 g/mol. The molecule has 74 valence electrons. The van der Waals surface area contributed by atoms with E-state index in [9.17, 15) is 0 Å². The van der Waals surface area contributed by atoms with Crippen molar-refractivity contribution in [1.82, 2.24) is 0 Å². The summed E-state index contributed by atoms with van der Waals surface area (Å²) in [4.78, 5) is 0. The van der Waals surface area contributed by atoms with Gasteiger partial charge in [-0.2, -0.15) is 0 Å². The van der Waals surface area contributed by atoms with Crippen LogP contribution in [0.3, 0.4) is 0 Å². The summed E-state index contributed by atoms with van der Waals surface area (Å²) in [6, 6.07) is 0. The van der Waals surface area contributed by atoms with Crippen LogP contribution >= 0.6 is 0 Å². The van der Waals surface area contributed by atoms with E-state index in [1.54, 1.807) is 0 Å². The minimum absolute atomic E-state index is 0.0933. The van der Waals surface area contributed by atoms with E-state index in [-0.39, 0.29) is 5.60 Å². The molecule has 1 spiro atoms. The standard InChI is InChI=1S/C12H20O/c1-11(2)12(9-6-10-13-11)7-4-3-5-8-12/h3-4H,5-10H2,1-2H3. The molecule has 0 amide bonds. The molecule has 1 fully saturated rings. The van der Waals surface area contributed by atoms with Crippen LogP contribution in [0.25, 0.3) is 0 Å². The van der Waals surface area contributed by atoms with E-state index in [0.717, 1.165) is 6.61 Å². The van der Waals surface area contributed by atoms with Gasteiger partial charge in [-0.3, -0.25) is 0 Å². The zero-order chi connectivity index (χ0) is 9.36. The Balaban J connectivity index is 2.22. The van der Waals surface area contributed by atoms with E-state index in [1.807, 2.05) is 0 Å². The number of rotatable bonds is 0. The largest absolute Gasteiger partial charge is 0.375 e. The van der Waals surface area contributed by atoms with Crippen LogP contribution in [0.1, 0.15) is 46.0 Å². The summed E-state index contributed by atoms with van der Waals surface area (Å²) in [6.45, 7) is 5.50. The Bertz CT molecular complexity index is 217. The third-order valence-electron chi connectivity index (χ3n) is 4.00. The second-order valence-corrected chi connectivity index (χ2v) is 4.96. The lowest BCUT2D eigenvalue weighted by atomic mass is 9.63. The highest BCUT2D eigenvalue weighted by atomic mass is 16.5. The van der Waals surface area contributed by atoms with E-state index >= 15 is 0 Å². The van der Waals surface area contributed by atoms with Gasteiger partial charge in [0.25, 0.3) is 0 Å². The molecule has 1 aliphatic heterocycles. The van der Waals surface area contributed by atoms with E-state index in [1.165, 1.54) is 32.1 Å². The molecule has 0 aromatic carbocycles. The SMILES string of the molecule is CC1(C)OCCCC12CC=CCC2. The molecule has 2 aliphatic rings. The van der Waals surface area contributed by atoms with E-state index < -0.39 is 0 Å². The maximum atomic E-state index is 5.92. The molecule has 0 aromatic heterocycles. The highest BCUT2D eigenvalue weighted by Crippen LogP contribution is 2.50. The normalized spacial score (nSPS) is 38.0. The van der Waals surface area contributed by atoms with Crippen molar-refractivity contribution >= 4 is 0 Å². The predicted molar refractivity (Wildman–Crippen MR) is 54.7 cm³/mol. The highest BCUT2D eigenvalue weighted by molar-refractivity contribution is 5.06. The molecule has 0 radical (unpaired) electrons. The van der Waals surface area contributed by atoms with Gasteiger partial charge >= 0.3 is 0 Å². The number of hydrogen-bond acceptors (Lipinski definition) is 1. The summed E-state index contributed by atoms with van der Waals surface area (Å²) in [5, 5.41) is 0. The Kier molecular flexibility index (Phi) is 2.23. The summed E-state index contributed by atoms with van der Waals surface area (Å²) in [7, 11) is 0. The molecule has 1 heteroatoms. The van der Waals surface area contributed by atoms with Gasteiger partial charge in [0.15, 0.2) is 0 Å². The Hall–Kier alpha value is -0.300. The first-order chi connectivity index (χ1) is 6.16. The van der Waals surface area contributed by atoms with Crippen LogP contribution < -0.4 is 0 Å². The van der Waals surface area contributed by atoms with Gasteiger partial charge in [-0.05, 0) is 46.0 Å². The summed E-state index contributed by atoms with van der Waals surface area (Å²) in [5.41, 5.74) is 0.538. The Morgan fingerprint density at radius 1 is 1.15 bits per heavy atom. The molecule has 0 bridgehead atoms. The van der Waals surface area contributed by atoms with Gasteiger partial charge in [0.05, 0.1) is 5.60 Å².